The Morgan fingerprint density at radius 3 is 1.35 bits per heavy atom. The van der Waals surface area contributed by atoms with Crippen LogP contribution in [0, 0.1) is 10.8 Å². The van der Waals surface area contributed by atoms with E-state index in [2.05, 4.69) is 4.74 Å². The summed E-state index contributed by atoms with van der Waals surface area (Å²) in [5.74, 6) is -2.49. The van der Waals surface area contributed by atoms with E-state index in [-0.39, 0.29) is 27.7 Å². The molecule has 2 nitrogen and oxygen atoms in total. The van der Waals surface area contributed by atoms with Gasteiger partial charge in [-0.3, -0.25) is 4.79 Å². The fourth-order valence-electron chi connectivity index (χ4n) is 0.652. The minimum Gasteiger partial charge on any atom is -0.399 e. The average molecular weight is 316 g/mol. The topological polar surface area (TPSA) is 26.3 Å². The first-order valence-electron chi connectivity index (χ1n) is 5.12. The van der Waals surface area contributed by atoms with Crippen molar-refractivity contribution in [2.45, 2.75) is 46.2 Å². The van der Waals surface area contributed by atoms with Crippen LogP contribution in [0.2, 0.25) is 0 Å². The summed E-state index contributed by atoms with van der Waals surface area (Å²) in [4.78, 5) is 11.1. The lowest BCUT2D eigenvalue weighted by Gasteiger charge is -2.36. The lowest BCUT2D eigenvalue weighted by molar-refractivity contribution is -0.364. The van der Waals surface area contributed by atoms with E-state index in [1.807, 2.05) is 0 Å². The van der Waals surface area contributed by atoms with Crippen molar-refractivity contribution >= 4 is 5.97 Å². The molecule has 0 unspecified atom stereocenters. The van der Waals surface area contributed by atoms with Gasteiger partial charge in [-0.05, 0) is 27.7 Å². The number of halogens is 8. The van der Waals surface area contributed by atoms with E-state index >= 15 is 0 Å². The summed E-state index contributed by atoms with van der Waals surface area (Å²) < 4.78 is 104. The molecule has 0 radical (unpaired) electrons. The zero-order valence-electron chi connectivity index (χ0n) is 10.8. The fraction of sp³-hybridized carbons (Fsp3) is 0.900. The molecule has 0 aromatic carbocycles. The molecule has 0 saturated carbocycles. The maximum atomic E-state index is 13.3. The van der Waals surface area contributed by atoms with Gasteiger partial charge in [-0.25, -0.2) is 0 Å². The molecule has 0 aliphatic carbocycles. The number of esters is 1. The second kappa shape index (κ2) is 4.73. The molecule has 0 aromatic rings. The molecule has 0 heterocycles. The molecular formula is C10H12F8O2. The second-order valence-corrected chi connectivity index (χ2v) is 5.15. The van der Waals surface area contributed by atoms with Crippen molar-refractivity contribution in [1.82, 2.24) is 0 Å². The van der Waals surface area contributed by atoms with Gasteiger partial charge >= 0.3 is 24.4 Å². The van der Waals surface area contributed by atoms with Crippen LogP contribution in [0.3, 0.4) is 0 Å². The van der Waals surface area contributed by atoms with Gasteiger partial charge in [0.2, 0.25) is 0 Å². The molecule has 0 amide bonds. The molecule has 0 spiro atoms. The number of carbonyl (C=O) groups is 1. The molecule has 0 aliphatic rings. The van der Waals surface area contributed by atoms with Gasteiger partial charge in [0.1, 0.15) is 0 Å². The number of carbonyl (C=O) groups excluding carboxylic acids is 1. The lowest BCUT2D eigenvalue weighted by Crippen LogP contribution is -2.53. The Morgan fingerprint density at radius 1 is 0.750 bits per heavy atom. The van der Waals surface area contributed by atoms with Crippen LogP contribution >= 0.6 is 0 Å². The highest BCUT2D eigenvalue weighted by Gasteiger charge is 2.67. The van der Waals surface area contributed by atoms with Crippen LogP contribution in [0.4, 0.5) is 35.1 Å². The van der Waals surface area contributed by atoms with Crippen molar-refractivity contribution < 1.29 is 44.7 Å². The summed E-state index contributed by atoms with van der Waals surface area (Å²) in [5, 5.41) is 0. The van der Waals surface area contributed by atoms with Crippen LogP contribution in [-0.2, 0) is 9.53 Å². The number of alkyl halides is 8. The number of rotatable bonds is 3. The summed E-state index contributed by atoms with van der Waals surface area (Å²) in [7, 11) is 0. The standard InChI is InChI=1S/C10H12F8O2/c1-6(2,8(11,12)13)5(19)20-10(17,18)7(3,4)9(14,15)16/h1-4H3. The van der Waals surface area contributed by atoms with Gasteiger partial charge < -0.3 is 4.74 Å². The summed E-state index contributed by atoms with van der Waals surface area (Å²) in [5.41, 5.74) is -7.20. The van der Waals surface area contributed by atoms with E-state index in [1.54, 1.807) is 0 Å². The van der Waals surface area contributed by atoms with Gasteiger partial charge in [-0.1, -0.05) is 0 Å². The van der Waals surface area contributed by atoms with E-state index in [0.29, 0.717) is 0 Å². The molecular weight excluding hydrogens is 304 g/mol. The predicted molar refractivity (Wildman–Crippen MR) is 50.7 cm³/mol. The van der Waals surface area contributed by atoms with Gasteiger partial charge in [0.15, 0.2) is 10.8 Å². The molecule has 0 atom stereocenters. The molecule has 0 aromatic heterocycles. The first-order chi connectivity index (χ1) is 8.38. The van der Waals surface area contributed by atoms with Gasteiger partial charge in [0.05, 0.1) is 0 Å². The molecule has 120 valence electrons. The van der Waals surface area contributed by atoms with E-state index in [4.69, 9.17) is 0 Å². The van der Waals surface area contributed by atoms with E-state index in [0.717, 1.165) is 0 Å². The van der Waals surface area contributed by atoms with E-state index in [9.17, 15) is 39.9 Å². The summed E-state index contributed by atoms with van der Waals surface area (Å²) in [6.07, 6.45) is -15.9. The fourth-order valence-corrected chi connectivity index (χ4v) is 0.652. The molecule has 0 N–H and O–H groups in total. The summed E-state index contributed by atoms with van der Waals surface area (Å²) in [6.45, 7) is 0.486. The Balaban J connectivity index is 5.38. The van der Waals surface area contributed by atoms with Crippen molar-refractivity contribution in [2.75, 3.05) is 0 Å². The highest BCUT2D eigenvalue weighted by Crippen LogP contribution is 2.50. The van der Waals surface area contributed by atoms with Crippen LogP contribution < -0.4 is 0 Å². The first kappa shape index (κ1) is 18.9. The Kier molecular flexibility index (Phi) is 4.47. The van der Waals surface area contributed by atoms with Crippen LogP contribution in [0.1, 0.15) is 27.7 Å². The third-order valence-corrected chi connectivity index (χ3v) is 2.88. The van der Waals surface area contributed by atoms with Crippen molar-refractivity contribution in [2.24, 2.45) is 10.8 Å². The summed E-state index contributed by atoms with van der Waals surface area (Å²) >= 11 is 0. The Labute approximate surface area is 109 Å². The van der Waals surface area contributed by atoms with E-state index in [1.165, 1.54) is 0 Å². The zero-order valence-corrected chi connectivity index (χ0v) is 10.8. The summed E-state index contributed by atoms with van der Waals surface area (Å²) in [6, 6.07) is 0. The smallest absolute Gasteiger partial charge is 0.399 e. The second-order valence-electron chi connectivity index (χ2n) is 5.15. The van der Waals surface area contributed by atoms with Crippen molar-refractivity contribution in [3.8, 4) is 0 Å². The Morgan fingerprint density at radius 2 is 1.10 bits per heavy atom. The monoisotopic (exact) mass is 316 g/mol. The van der Waals surface area contributed by atoms with Gasteiger partial charge in [0, 0.05) is 0 Å². The van der Waals surface area contributed by atoms with Crippen molar-refractivity contribution in [3.05, 3.63) is 0 Å². The maximum absolute atomic E-state index is 13.3. The molecule has 0 rings (SSSR count). The van der Waals surface area contributed by atoms with Gasteiger partial charge in [0.25, 0.3) is 0 Å². The first-order valence-corrected chi connectivity index (χ1v) is 5.12. The third-order valence-electron chi connectivity index (χ3n) is 2.88. The molecule has 0 saturated heterocycles. The minimum absolute atomic E-state index is 0.0148. The number of hydrogen-bond acceptors (Lipinski definition) is 2. The minimum atomic E-state index is -5.49. The highest BCUT2D eigenvalue weighted by molar-refractivity contribution is 5.77. The van der Waals surface area contributed by atoms with Crippen LogP contribution in [0.25, 0.3) is 0 Å². The SMILES string of the molecule is CC(C)(C(=O)OC(F)(F)C(C)(C)C(F)(F)F)C(F)(F)F. The lowest BCUT2D eigenvalue weighted by atomic mass is 9.89. The van der Waals surface area contributed by atoms with Gasteiger partial charge in [-0.15, -0.1) is 0 Å². The molecule has 20 heavy (non-hydrogen) atoms. The van der Waals surface area contributed by atoms with Gasteiger partial charge in [-0.2, -0.15) is 35.1 Å². The molecule has 0 fully saturated rings. The average Bonchev–Trinajstić information content (AvgIpc) is 2.12. The number of hydrogen-bond donors (Lipinski definition) is 0. The van der Waals surface area contributed by atoms with Crippen molar-refractivity contribution in [3.63, 3.8) is 0 Å². The molecule has 0 bridgehead atoms. The maximum Gasteiger partial charge on any atom is 0.413 e. The van der Waals surface area contributed by atoms with Crippen LogP contribution in [-0.4, -0.2) is 24.4 Å². The van der Waals surface area contributed by atoms with Crippen LogP contribution in [0.15, 0.2) is 0 Å². The quantitative estimate of drug-likeness (QED) is 0.573. The normalized spacial score (nSPS) is 15.2. The third kappa shape index (κ3) is 3.14. The van der Waals surface area contributed by atoms with E-state index < -0.39 is 35.3 Å². The Bertz CT molecular complexity index is 378. The van der Waals surface area contributed by atoms with Crippen molar-refractivity contribution in [1.29, 1.82) is 0 Å². The van der Waals surface area contributed by atoms with Crippen LogP contribution in [0.5, 0.6) is 0 Å². The molecule has 0 aliphatic heterocycles. The zero-order chi connectivity index (χ0) is 16.8. The largest absolute Gasteiger partial charge is 0.413 e. The number of ether oxygens (including phenoxy) is 1. The Hall–Kier alpha value is -1.09. The molecule has 10 heteroatoms. The highest BCUT2D eigenvalue weighted by atomic mass is 19.4. The predicted octanol–water partition coefficient (Wildman–Crippen LogP) is 4.30.